The molecule has 0 aliphatic carbocycles. The zero-order valence-electron chi connectivity index (χ0n) is 11.1. The Morgan fingerprint density at radius 2 is 2.05 bits per heavy atom. The predicted molar refractivity (Wildman–Crippen MR) is 73.6 cm³/mol. The van der Waals surface area contributed by atoms with E-state index in [0.717, 1.165) is 0 Å². The molecule has 0 bridgehead atoms. The van der Waals surface area contributed by atoms with Crippen molar-refractivity contribution in [3.05, 3.63) is 24.3 Å². The molecule has 19 heavy (non-hydrogen) atoms. The van der Waals surface area contributed by atoms with Gasteiger partial charge in [0.1, 0.15) is 5.75 Å². The van der Waals surface area contributed by atoms with Gasteiger partial charge < -0.3 is 10.5 Å². The highest BCUT2D eigenvalue weighted by atomic mass is 32.2. The quantitative estimate of drug-likeness (QED) is 0.901. The van der Waals surface area contributed by atoms with Crippen molar-refractivity contribution in [2.24, 2.45) is 5.73 Å². The summed E-state index contributed by atoms with van der Waals surface area (Å²) in [4.78, 5) is 0.286. The average molecular weight is 284 g/mol. The smallest absolute Gasteiger partial charge is 0.243 e. The fourth-order valence-corrected chi connectivity index (χ4v) is 3.66. The van der Waals surface area contributed by atoms with Gasteiger partial charge in [-0.15, -0.1) is 0 Å². The second kappa shape index (κ2) is 5.90. The first-order chi connectivity index (χ1) is 9.04. The van der Waals surface area contributed by atoms with Gasteiger partial charge in [-0.1, -0.05) is 6.07 Å². The number of sulfonamides is 1. The molecule has 1 saturated heterocycles. The van der Waals surface area contributed by atoms with E-state index in [1.54, 1.807) is 24.3 Å². The number of piperidine rings is 1. The molecule has 0 amide bonds. The lowest BCUT2D eigenvalue weighted by molar-refractivity contribution is 0.319. The van der Waals surface area contributed by atoms with Crippen molar-refractivity contribution in [1.82, 2.24) is 4.31 Å². The van der Waals surface area contributed by atoms with Crippen LogP contribution in [0.15, 0.2) is 29.2 Å². The first-order valence-electron chi connectivity index (χ1n) is 6.52. The maximum Gasteiger partial charge on any atom is 0.243 e. The molecular weight excluding hydrogens is 264 g/mol. The molecule has 0 aromatic heterocycles. The van der Waals surface area contributed by atoms with Crippen molar-refractivity contribution in [2.45, 2.75) is 30.7 Å². The summed E-state index contributed by atoms with van der Waals surface area (Å²) < 4.78 is 31.8. The second-order valence-corrected chi connectivity index (χ2v) is 6.59. The maximum atomic E-state index is 12.5. The van der Waals surface area contributed by atoms with Crippen LogP contribution in [0.4, 0.5) is 0 Å². The summed E-state index contributed by atoms with van der Waals surface area (Å²) in [5, 5.41) is 0. The minimum absolute atomic E-state index is 0.112. The molecule has 2 N–H and O–H groups in total. The molecule has 1 aliphatic heterocycles. The molecule has 106 valence electrons. The number of rotatable bonds is 4. The third-order valence-corrected chi connectivity index (χ3v) is 5.15. The Morgan fingerprint density at radius 1 is 1.37 bits per heavy atom. The Balaban J connectivity index is 2.21. The molecule has 0 saturated carbocycles. The van der Waals surface area contributed by atoms with Crippen LogP contribution in [0.2, 0.25) is 0 Å². The van der Waals surface area contributed by atoms with Crippen molar-refractivity contribution in [3.63, 3.8) is 0 Å². The van der Waals surface area contributed by atoms with Gasteiger partial charge in [0.05, 0.1) is 11.5 Å². The fraction of sp³-hybridized carbons (Fsp3) is 0.538. The lowest BCUT2D eigenvalue weighted by Crippen LogP contribution is -2.42. The monoisotopic (exact) mass is 284 g/mol. The Morgan fingerprint density at radius 3 is 2.68 bits per heavy atom. The van der Waals surface area contributed by atoms with Gasteiger partial charge in [-0.2, -0.15) is 4.31 Å². The van der Waals surface area contributed by atoms with Crippen LogP contribution in [0.25, 0.3) is 0 Å². The van der Waals surface area contributed by atoms with Crippen LogP contribution < -0.4 is 10.5 Å². The van der Waals surface area contributed by atoms with Crippen LogP contribution in [0.3, 0.4) is 0 Å². The molecule has 6 heteroatoms. The fourth-order valence-electron chi connectivity index (χ4n) is 2.16. The van der Waals surface area contributed by atoms with Gasteiger partial charge in [-0.25, -0.2) is 8.42 Å². The van der Waals surface area contributed by atoms with Crippen molar-refractivity contribution in [2.75, 3.05) is 19.7 Å². The first-order valence-corrected chi connectivity index (χ1v) is 7.96. The topological polar surface area (TPSA) is 72.6 Å². The Hall–Kier alpha value is -1.11. The van der Waals surface area contributed by atoms with Crippen LogP contribution in [-0.4, -0.2) is 38.5 Å². The highest BCUT2D eigenvalue weighted by Crippen LogP contribution is 2.23. The Bertz CT molecular complexity index is 522. The van der Waals surface area contributed by atoms with Crippen molar-refractivity contribution in [3.8, 4) is 5.75 Å². The minimum atomic E-state index is -3.43. The molecular formula is C13H20N2O3S. The number of hydrogen-bond acceptors (Lipinski definition) is 4. The van der Waals surface area contributed by atoms with Gasteiger partial charge in [0.15, 0.2) is 0 Å². The predicted octanol–water partition coefficient (Wildman–Crippen LogP) is 1.20. The van der Waals surface area contributed by atoms with E-state index < -0.39 is 10.0 Å². The van der Waals surface area contributed by atoms with E-state index in [1.807, 2.05) is 6.92 Å². The summed E-state index contributed by atoms with van der Waals surface area (Å²) in [5.41, 5.74) is 5.80. The molecule has 2 rings (SSSR count). The van der Waals surface area contributed by atoms with Crippen LogP contribution >= 0.6 is 0 Å². The molecule has 1 aromatic carbocycles. The van der Waals surface area contributed by atoms with E-state index >= 15 is 0 Å². The van der Waals surface area contributed by atoms with E-state index in [0.29, 0.717) is 38.3 Å². The van der Waals surface area contributed by atoms with Gasteiger partial charge >= 0.3 is 0 Å². The molecule has 0 unspecified atom stereocenters. The molecule has 1 fully saturated rings. The van der Waals surface area contributed by atoms with Gasteiger partial charge in [0, 0.05) is 25.2 Å². The number of ether oxygens (including phenoxy) is 1. The van der Waals surface area contributed by atoms with Crippen LogP contribution in [0, 0.1) is 0 Å². The zero-order valence-corrected chi connectivity index (χ0v) is 11.9. The number of nitrogens with two attached hydrogens (primary N) is 1. The average Bonchev–Trinajstić information content (AvgIpc) is 2.40. The molecule has 0 atom stereocenters. The van der Waals surface area contributed by atoms with Crippen molar-refractivity contribution >= 4 is 10.0 Å². The number of hydrogen-bond donors (Lipinski definition) is 1. The molecule has 5 nitrogen and oxygen atoms in total. The SMILES string of the molecule is CCOc1cccc(S(=O)(=O)N2CCC(N)CC2)c1. The number of nitrogens with zero attached hydrogens (tertiary/aromatic N) is 1. The van der Waals surface area contributed by atoms with Gasteiger partial charge in [0.25, 0.3) is 0 Å². The lowest BCUT2D eigenvalue weighted by atomic mass is 10.1. The minimum Gasteiger partial charge on any atom is -0.494 e. The normalized spacial score (nSPS) is 18.4. The molecule has 1 heterocycles. The van der Waals surface area contributed by atoms with E-state index in [4.69, 9.17) is 10.5 Å². The van der Waals surface area contributed by atoms with Gasteiger partial charge in [-0.05, 0) is 31.9 Å². The summed E-state index contributed by atoms with van der Waals surface area (Å²) in [6.07, 6.45) is 1.43. The largest absolute Gasteiger partial charge is 0.494 e. The molecule has 1 aromatic rings. The second-order valence-electron chi connectivity index (χ2n) is 4.65. The molecule has 1 aliphatic rings. The lowest BCUT2D eigenvalue weighted by Gasteiger charge is -2.29. The summed E-state index contributed by atoms with van der Waals surface area (Å²) >= 11 is 0. The van der Waals surface area contributed by atoms with Crippen LogP contribution in [0.5, 0.6) is 5.75 Å². The van der Waals surface area contributed by atoms with Crippen molar-refractivity contribution in [1.29, 1.82) is 0 Å². The van der Waals surface area contributed by atoms with Crippen LogP contribution in [0.1, 0.15) is 19.8 Å². The summed E-state index contributed by atoms with van der Waals surface area (Å²) in [7, 11) is -3.43. The van der Waals surface area contributed by atoms with E-state index in [2.05, 4.69) is 0 Å². The Labute approximate surface area is 114 Å². The highest BCUT2D eigenvalue weighted by Gasteiger charge is 2.28. The highest BCUT2D eigenvalue weighted by molar-refractivity contribution is 7.89. The molecule has 0 spiro atoms. The van der Waals surface area contributed by atoms with E-state index in [1.165, 1.54) is 4.31 Å². The summed E-state index contributed by atoms with van der Waals surface area (Å²) in [6, 6.07) is 6.75. The molecule has 0 radical (unpaired) electrons. The Kier molecular flexibility index (Phi) is 4.44. The first kappa shape index (κ1) is 14.3. The van der Waals surface area contributed by atoms with Gasteiger partial charge in [0.2, 0.25) is 10.0 Å². The third kappa shape index (κ3) is 3.26. The van der Waals surface area contributed by atoms with Gasteiger partial charge in [-0.3, -0.25) is 0 Å². The third-order valence-electron chi connectivity index (χ3n) is 3.25. The standard InChI is InChI=1S/C13H20N2O3S/c1-2-18-12-4-3-5-13(10-12)19(16,17)15-8-6-11(14)7-9-15/h3-5,10-11H,2,6-9,14H2,1H3. The van der Waals surface area contributed by atoms with Crippen LogP contribution in [-0.2, 0) is 10.0 Å². The maximum absolute atomic E-state index is 12.5. The summed E-state index contributed by atoms with van der Waals surface area (Å²) in [6.45, 7) is 3.36. The number of benzene rings is 1. The van der Waals surface area contributed by atoms with Crippen molar-refractivity contribution < 1.29 is 13.2 Å². The summed E-state index contributed by atoms with van der Waals surface area (Å²) in [5.74, 6) is 0.581. The van der Waals surface area contributed by atoms with E-state index in [-0.39, 0.29) is 10.9 Å². The zero-order chi connectivity index (χ0) is 13.9. The van der Waals surface area contributed by atoms with E-state index in [9.17, 15) is 8.42 Å².